The van der Waals surface area contributed by atoms with Crippen molar-refractivity contribution in [2.75, 3.05) is 0 Å². The Morgan fingerprint density at radius 2 is 1.71 bits per heavy atom. The number of hydrogen-bond donors (Lipinski definition) is 1. The highest BCUT2D eigenvalue weighted by atomic mass is 35.5. The van der Waals surface area contributed by atoms with Crippen LogP contribution in [0.2, 0.25) is 10.0 Å². The van der Waals surface area contributed by atoms with Crippen molar-refractivity contribution in [1.29, 1.82) is 5.26 Å². The zero-order valence-electron chi connectivity index (χ0n) is 11.2. The molecule has 0 bridgehead atoms. The summed E-state index contributed by atoms with van der Waals surface area (Å²) in [6.45, 7) is 1.65. The lowest BCUT2D eigenvalue weighted by Gasteiger charge is -2.23. The molecular formula is C16H12Cl2N2O. The molecule has 0 spiro atoms. The van der Waals surface area contributed by atoms with Gasteiger partial charge >= 0.3 is 0 Å². The minimum absolute atomic E-state index is 0.310. The van der Waals surface area contributed by atoms with Crippen LogP contribution >= 0.6 is 23.2 Å². The van der Waals surface area contributed by atoms with Crippen LogP contribution in [0.4, 0.5) is 0 Å². The Morgan fingerprint density at radius 1 is 1.14 bits per heavy atom. The molecule has 1 unspecified atom stereocenters. The van der Waals surface area contributed by atoms with Crippen LogP contribution in [0, 0.1) is 11.3 Å². The number of amides is 1. The highest BCUT2D eigenvalue weighted by molar-refractivity contribution is 6.35. The van der Waals surface area contributed by atoms with Gasteiger partial charge < -0.3 is 5.32 Å². The number of carbonyl (C=O) groups excluding carboxylic acids is 1. The molecule has 2 rings (SSSR count). The van der Waals surface area contributed by atoms with Crippen LogP contribution in [0.3, 0.4) is 0 Å². The van der Waals surface area contributed by atoms with E-state index in [1.54, 1.807) is 25.1 Å². The van der Waals surface area contributed by atoms with Crippen LogP contribution in [0.25, 0.3) is 0 Å². The Bertz CT molecular complexity index is 690. The molecule has 0 aromatic heterocycles. The van der Waals surface area contributed by atoms with E-state index in [4.69, 9.17) is 23.2 Å². The second kappa shape index (κ2) is 6.17. The monoisotopic (exact) mass is 318 g/mol. The fraction of sp³-hybridized carbons (Fsp3) is 0.125. The van der Waals surface area contributed by atoms with E-state index in [1.807, 2.05) is 18.2 Å². The number of hydrogen-bond acceptors (Lipinski definition) is 2. The lowest BCUT2D eigenvalue weighted by molar-refractivity contribution is 0.0923. The molecule has 21 heavy (non-hydrogen) atoms. The fourth-order valence-corrected chi connectivity index (χ4v) is 2.45. The number of nitriles is 1. The van der Waals surface area contributed by atoms with Gasteiger partial charge in [0.2, 0.25) is 0 Å². The Kier molecular flexibility index (Phi) is 4.52. The maximum atomic E-state index is 12.3. The van der Waals surface area contributed by atoms with Crippen LogP contribution in [-0.2, 0) is 5.54 Å². The van der Waals surface area contributed by atoms with E-state index in [9.17, 15) is 10.1 Å². The zero-order chi connectivity index (χ0) is 15.5. The number of carbonyl (C=O) groups is 1. The lowest BCUT2D eigenvalue weighted by atomic mass is 9.93. The average molecular weight is 319 g/mol. The van der Waals surface area contributed by atoms with Gasteiger partial charge in [-0.2, -0.15) is 5.26 Å². The molecule has 0 saturated carbocycles. The summed E-state index contributed by atoms with van der Waals surface area (Å²) in [6.07, 6.45) is 0. The Hall–Kier alpha value is -2.02. The first-order chi connectivity index (χ1) is 9.94. The second-order valence-corrected chi connectivity index (χ2v) is 5.59. The summed E-state index contributed by atoms with van der Waals surface area (Å²) in [6, 6.07) is 15.7. The third kappa shape index (κ3) is 3.55. The van der Waals surface area contributed by atoms with Gasteiger partial charge in [0, 0.05) is 15.6 Å². The first-order valence-electron chi connectivity index (χ1n) is 6.20. The summed E-state index contributed by atoms with van der Waals surface area (Å²) < 4.78 is 0. The van der Waals surface area contributed by atoms with E-state index < -0.39 is 11.4 Å². The largest absolute Gasteiger partial charge is 0.330 e. The Morgan fingerprint density at radius 3 is 2.24 bits per heavy atom. The Balaban J connectivity index is 2.31. The maximum Gasteiger partial charge on any atom is 0.252 e. The number of rotatable bonds is 3. The standard InChI is InChI=1S/C16H12Cl2N2O/c1-16(10-19,12-5-3-2-4-6-12)20-15(21)11-7-13(17)9-14(18)8-11/h2-9H,1H3,(H,20,21). The smallest absolute Gasteiger partial charge is 0.252 e. The first-order valence-corrected chi connectivity index (χ1v) is 6.95. The molecule has 0 aliphatic heterocycles. The zero-order valence-corrected chi connectivity index (χ0v) is 12.7. The summed E-state index contributed by atoms with van der Waals surface area (Å²) in [4.78, 5) is 12.3. The van der Waals surface area contributed by atoms with Gasteiger partial charge in [-0.05, 0) is 30.7 Å². The van der Waals surface area contributed by atoms with Crippen LogP contribution in [0.15, 0.2) is 48.5 Å². The predicted octanol–water partition coefficient (Wildman–Crippen LogP) is 4.16. The highest BCUT2D eigenvalue weighted by Crippen LogP contribution is 2.22. The normalized spacial score (nSPS) is 13.0. The van der Waals surface area contributed by atoms with Crippen LogP contribution in [-0.4, -0.2) is 5.91 Å². The summed E-state index contributed by atoms with van der Waals surface area (Å²) in [5.41, 5.74) is -0.119. The van der Waals surface area contributed by atoms with E-state index in [0.717, 1.165) is 0 Å². The first kappa shape index (κ1) is 15.4. The molecule has 1 N–H and O–H groups in total. The molecule has 1 amide bonds. The molecule has 106 valence electrons. The predicted molar refractivity (Wildman–Crippen MR) is 83.3 cm³/mol. The summed E-state index contributed by atoms with van der Waals surface area (Å²) >= 11 is 11.8. The van der Waals surface area contributed by atoms with Crippen LogP contribution < -0.4 is 5.32 Å². The van der Waals surface area contributed by atoms with Crippen molar-refractivity contribution in [1.82, 2.24) is 5.32 Å². The molecule has 0 radical (unpaired) electrons. The van der Waals surface area contributed by atoms with Gasteiger partial charge in [0.15, 0.2) is 5.54 Å². The number of nitrogens with one attached hydrogen (secondary N) is 1. The average Bonchev–Trinajstić information content (AvgIpc) is 2.47. The fourth-order valence-electron chi connectivity index (χ4n) is 1.92. The topological polar surface area (TPSA) is 52.9 Å². The molecular weight excluding hydrogens is 307 g/mol. The summed E-state index contributed by atoms with van der Waals surface area (Å²) in [5, 5.41) is 12.9. The molecule has 5 heteroatoms. The van der Waals surface area contributed by atoms with Crippen molar-refractivity contribution in [3.05, 3.63) is 69.7 Å². The van der Waals surface area contributed by atoms with Gasteiger partial charge in [-0.15, -0.1) is 0 Å². The van der Waals surface area contributed by atoms with E-state index in [2.05, 4.69) is 11.4 Å². The third-order valence-corrected chi connectivity index (χ3v) is 3.50. The molecule has 2 aromatic rings. The van der Waals surface area contributed by atoms with Gasteiger partial charge in [0.25, 0.3) is 5.91 Å². The molecule has 0 saturated heterocycles. The molecule has 0 aliphatic carbocycles. The summed E-state index contributed by atoms with van der Waals surface area (Å²) in [5.74, 6) is -0.410. The molecule has 0 heterocycles. The lowest BCUT2D eigenvalue weighted by Crippen LogP contribution is -2.42. The van der Waals surface area contributed by atoms with Crippen molar-refractivity contribution >= 4 is 29.1 Å². The van der Waals surface area contributed by atoms with Gasteiger partial charge in [-0.1, -0.05) is 53.5 Å². The van der Waals surface area contributed by atoms with Crippen molar-refractivity contribution in [3.8, 4) is 6.07 Å². The molecule has 0 fully saturated rings. The van der Waals surface area contributed by atoms with Crippen molar-refractivity contribution < 1.29 is 4.79 Å². The van der Waals surface area contributed by atoms with Crippen LogP contribution in [0.1, 0.15) is 22.8 Å². The van der Waals surface area contributed by atoms with E-state index >= 15 is 0 Å². The van der Waals surface area contributed by atoms with Crippen molar-refractivity contribution in [3.63, 3.8) is 0 Å². The molecule has 1 atom stereocenters. The van der Waals surface area contributed by atoms with Gasteiger partial charge in [0.05, 0.1) is 6.07 Å². The van der Waals surface area contributed by atoms with E-state index in [1.165, 1.54) is 12.1 Å². The summed E-state index contributed by atoms with van der Waals surface area (Å²) in [7, 11) is 0. The van der Waals surface area contributed by atoms with Gasteiger partial charge in [0.1, 0.15) is 0 Å². The highest BCUT2D eigenvalue weighted by Gasteiger charge is 2.28. The Labute approximate surface area is 133 Å². The van der Waals surface area contributed by atoms with Gasteiger partial charge in [-0.25, -0.2) is 0 Å². The minimum atomic E-state index is -1.13. The number of nitrogens with zero attached hydrogens (tertiary/aromatic N) is 1. The van der Waals surface area contributed by atoms with Gasteiger partial charge in [-0.3, -0.25) is 4.79 Å². The minimum Gasteiger partial charge on any atom is -0.330 e. The molecule has 0 aliphatic rings. The SMILES string of the molecule is CC(C#N)(NC(=O)c1cc(Cl)cc(Cl)c1)c1ccccc1. The van der Waals surface area contributed by atoms with E-state index in [0.29, 0.717) is 21.2 Å². The van der Waals surface area contributed by atoms with E-state index in [-0.39, 0.29) is 0 Å². The van der Waals surface area contributed by atoms with Crippen molar-refractivity contribution in [2.24, 2.45) is 0 Å². The van der Waals surface area contributed by atoms with Crippen LogP contribution in [0.5, 0.6) is 0 Å². The third-order valence-electron chi connectivity index (χ3n) is 3.06. The quantitative estimate of drug-likeness (QED) is 0.923. The second-order valence-electron chi connectivity index (χ2n) is 4.72. The number of halogens is 2. The van der Waals surface area contributed by atoms with Crippen molar-refractivity contribution in [2.45, 2.75) is 12.5 Å². The molecule has 2 aromatic carbocycles. The maximum absolute atomic E-state index is 12.3. The number of benzene rings is 2. The molecule has 3 nitrogen and oxygen atoms in total.